The van der Waals surface area contributed by atoms with Crippen molar-refractivity contribution >= 4 is 45.6 Å². The van der Waals surface area contributed by atoms with Gasteiger partial charge in [0.05, 0.1) is 10.7 Å². The number of halogens is 2. The van der Waals surface area contributed by atoms with Gasteiger partial charge in [-0.2, -0.15) is 0 Å². The maximum absolute atomic E-state index is 12.0. The normalized spacial score (nSPS) is 10.5. The zero-order valence-corrected chi connectivity index (χ0v) is 15.6. The highest BCUT2D eigenvalue weighted by atomic mass is 35.5. The Morgan fingerprint density at radius 2 is 1.96 bits per heavy atom. The summed E-state index contributed by atoms with van der Waals surface area (Å²) >= 11 is 13.2. The van der Waals surface area contributed by atoms with Crippen LogP contribution >= 0.6 is 34.5 Å². The molecule has 0 atom stereocenters. The van der Waals surface area contributed by atoms with Crippen molar-refractivity contribution in [2.75, 3.05) is 11.9 Å². The number of hydrogen-bond donors (Lipinski definition) is 1. The number of amides is 1. The van der Waals surface area contributed by atoms with E-state index < -0.39 is 0 Å². The summed E-state index contributed by atoms with van der Waals surface area (Å²) in [5.41, 5.74) is 3.01. The summed E-state index contributed by atoms with van der Waals surface area (Å²) in [6, 6.07) is 12.9. The summed E-state index contributed by atoms with van der Waals surface area (Å²) in [5.74, 6) is 0.0460. The van der Waals surface area contributed by atoms with Crippen LogP contribution in [-0.2, 0) is 4.79 Å². The Hall–Kier alpha value is -2.08. The Morgan fingerprint density at radius 1 is 1.20 bits per heavy atom. The van der Waals surface area contributed by atoms with Gasteiger partial charge < -0.3 is 4.74 Å². The molecule has 1 aromatic heterocycles. The van der Waals surface area contributed by atoms with Crippen molar-refractivity contribution < 1.29 is 9.53 Å². The predicted octanol–water partition coefficient (Wildman–Crippen LogP) is 5.44. The molecule has 0 spiro atoms. The maximum Gasteiger partial charge on any atom is 0.264 e. The highest BCUT2D eigenvalue weighted by molar-refractivity contribution is 7.14. The fourth-order valence-corrected chi connectivity index (χ4v) is 3.14. The van der Waals surface area contributed by atoms with Crippen LogP contribution in [0.15, 0.2) is 47.8 Å². The molecule has 4 nitrogen and oxygen atoms in total. The van der Waals surface area contributed by atoms with E-state index in [1.54, 1.807) is 18.2 Å². The van der Waals surface area contributed by atoms with Crippen LogP contribution in [0.5, 0.6) is 5.75 Å². The first kappa shape index (κ1) is 17.7. The first-order valence-corrected chi connectivity index (χ1v) is 9.05. The molecule has 0 saturated heterocycles. The molecule has 1 N–H and O–H groups in total. The first-order valence-electron chi connectivity index (χ1n) is 7.41. The van der Waals surface area contributed by atoms with E-state index in [0.29, 0.717) is 20.9 Å². The minimum Gasteiger partial charge on any atom is -0.482 e. The summed E-state index contributed by atoms with van der Waals surface area (Å²) in [5, 5.41) is 6.01. The number of aryl methyl sites for hydroxylation is 1. The number of aromatic nitrogens is 1. The lowest BCUT2D eigenvalue weighted by Crippen LogP contribution is -2.20. The Kier molecular flexibility index (Phi) is 5.58. The van der Waals surface area contributed by atoms with E-state index >= 15 is 0 Å². The number of nitrogens with zero attached hydrogens (tertiary/aromatic N) is 1. The third-order valence-electron chi connectivity index (χ3n) is 3.35. The summed E-state index contributed by atoms with van der Waals surface area (Å²) in [7, 11) is 0. The number of anilines is 1. The SMILES string of the molecule is Cc1ccc(-c2csc(NC(=O)COc3cc(Cl)ccc3Cl)n2)cc1. The standard InChI is InChI=1S/C18H14Cl2N2O2S/c1-11-2-4-12(5-3-11)15-10-25-18(21-15)22-17(23)9-24-16-8-13(19)6-7-14(16)20/h2-8,10H,9H2,1H3,(H,21,22,23). The summed E-state index contributed by atoms with van der Waals surface area (Å²) in [6.45, 7) is 1.85. The van der Waals surface area contributed by atoms with E-state index in [0.717, 1.165) is 11.3 Å². The van der Waals surface area contributed by atoms with Crippen LogP contribution in [0.2, 0.25) is 10.0 Å². The van der Waals surface area contributed by atoms with Crippen LogP contribution in [0.3, 0.4) is 0 Å². The highest BCUT2D eigenvalue weighted by Gasteiger charge is 2.10. The van der Waals surface area contributed by atoms with Gasteiger partial charge in [-0.25, -0.2) is 4.98 Å². The summed E-state index contributed by atoms with van der Waals surface area (Å²) < 4.78 is 5.40. The minimum absolute atomic E-state index is 0.181. The average Bonchev–Trinajstić information content (AvgIpc) is 3.05. The van der Waals surface area contributed by atoms with E-state index in [9.17, 15) is 4.79 Å². The fourth-order valence-electron chi connectivity index (χ4n) is 2.07. The van der Waals surface area contributed by atoms with Crippen LogP contribution in [0.25, 0.3) is 11.3 Å². The third kappa shape index (κ3) is 4.72. The Balaban J connectivity index is 1.60. The smallest absolute Gasteiger partial charge is 0.264 e. The van der Waals surface area contributed by atoms with Crippen molar-refractivity contribution in [3.8, 4) is 17.0 Å². The molecule has 25 heavy (non-hydrogen) atoms. The van der Waals surface area contributed by atoms with Gasteiger partial charge in [-0.1, -0.05) is 53.0 Å². The van der Waals surface area contributed by atoms with Crippen LogP contribution < -0.4 is 10.1 Å². The number of benzene rings is 2. The lowest BCUT2D eigenvalue weighted by molar-refractivity contribution is -0.118. The van der Waals surface area contributed by atoms with Gasteiger partial charge in [0.1, 0.15) is 5.75 Å². The van der Waals surface area contributed by atoms with Crippen molar-refractivity contribution in [2.45, 2.75) is 6.92 Å². The molecule has 3 aromatic rings. The summed E-state index contributed by atoms with van der Waals surface area (Å²) in [4.78, 5) is 16.4. The molecule has 128 valence electrons. The average molecular weight is 393 g/mol. The van der Waals surface area contributed by atoms with E-state index in [2.05, 4.69) is 10.3 Å². The van der Waals surface area contributed by atoms with E-state index in [1.807, 2.05) is 36.6 Å². The van der Waals surface area contributed by atoms with Gasteiger partial charge in [0.2, 0.25) is 0 Å². The molecule has 2 aromatic carbocycles. The number of hydrogen-bond acceptors (Lipinski definition) is 4. The maximum atomic E-state index is 12.0. The number of carbonyl (C=O) groups excluding carboxylic acids is 1. The van der Waals surface area contributed by atoms with Gasteiger partial charge in [0.15, 0.2) is 11.7 Å². The molecule has 0 aliphatic rings. The molecule has 1 amide bonds. The lowest BCUT2D eigenvalue weighted by atomic mass is 10.1. The molecule has 0 saturated carbocycles. The largest absolute Gasteiger partial charge is 0.482 e. The van der Waals surface area contributed by atoms with Gasteiger partial charge in [-0.05, 0) is 19.1 Å². The van der Waals surface area contributed by atoms with Gasteiger partial charge in [-0.15, -0.1) is 11.3 Å². The van der Waals surface area contributed by atoms with Crippen LogP contribution in [0.1, 0.15) is 5.56 Å². The fraction of sp³-hybridized carbons (Fsp3) is 0.111. The van der Waals surface area contributed by atoms with Gasteiger partial charge in [-0.3, -0.25) is 10.1 Å². The van der Waals surface area contributed by atoms with E-state index in [-0.39, 0.29) is 12.5 Å². The Morgan fingerprint density at radius 3 is 2.72 bits per heavy atom. The number of thiazole rings is 1. The lowest BCUT2D eigenvalue weighted by Gasteiger charge is -2.07. The molecule has 3 rings (SSSR count). The van der Waals surface area contributed by atoms with Gasteiger partial charge >= 0.3 is 0 Å². The Bertz CT molecular complexity index is 894. The van der Waals surface area contributed by atoms with Crippen molar-refractivity contribution in [1.82, 2.24) is 4.98 Å². The second-order valence-corrected chi connectivity index (χ2v) is 7.02. The zero-order chi connectivity index (χ0) is 17.8. The second-order valence-electron chi connectivity index (χ2n) is 5.32. The molecule has 0 fully saturated rings. The topological polar surface area (TPSA) is 51.2 Å². The molecular weight excluding hydrogens is 379 g/mol. The third-order valence-corrected chi connectivity index (χ3v) is 4.65. The van der Waals surface area contributed by atoms with E-state index in [4.69, 9.17) is 27.9 Å². The van der Waals surface area contributed by atoms with Crippen molar-refractivity contribution in [2.24, 2.45) is 0 Å². The second kappa shape index (κ2) is 7.87. The summed E-state index contributed by atoms with van der Waals surface area (Å²) in [6.07, 6.45) is 0. The molecule has 0 bridgehead atoms. The molecule has 0 radical (unpaired) electrons. The molecule has 0 aliphatic heterocycles. The van der Waals surface area contributed by atoms with Crippen molar-refractivity contribution in [3.05, 3.63) is 63.5 Å². The predicted molar refractivity (Wildman–Crippen MR) is 103 cm³/mol. The van der Waals surface area contributed by atoms with E-state index in [1.165, 1.54) is 16.9 Å². The quantitative estimate of drug-likeness (QED) is 0.628. The van der Waals surface area contributed by atoms with Crippen LogP contribution in [0.4, 0.5) is 5.13 Å². The van der Waals surface area contributed by atoms with Gasteiger partial charge in [0, 0.05) is 22.0 Å². The molecule has 7 heteroatoms. The van der Waals surface area contributed by atoms with Crippen molar-refractivity contribution in [1.29, 1.82) is 0 Å². The number of rotatable bonds is 5. The molecule has 0 unspecified atom stereocenters. The van der Waals surface area contributed by atoms with Crippen LogP contribution in [-0.4, -0.2) is 17.5 Å². The monoisotopic (exact) mass is 392 g/mol. The highest BCUT2D eigenvalue weighted by Crippen LogP contribution is 2.28. The van der Waals surface area contributed by atoms with Crippen molar-refractivity contribution in [3.63, 3.8) is 0 Å². The molecular formula is C18H14Cl2N2O2S. The first-order chi connectivity index (χ1) is 12.0. The number of carbonyl (C=O) groups is 1. The minimum atomic E-state index is -0.319. The Labute approximate surface area is 159 Å². The molecule has 1 heterocycles. The number of nitrogens with one attached hydrogen (secondary N) is 1. The molecule has 0 aliphatic carbocycles. The van der Waals surface area contributed by atoms with Gasteiger partial charge in [0.25, 0.3) is 5.91 Å². The number of ether oxygens (including phenoxy) is 1. The van der Waals surface area contributed by atoms with Crippen LogP contribution in [0, 0.1) is 6.92 Å². The zero-order valence-electron chi connectivity index (χ0n) is 13.3.